The zero-order valence-corrected chi connectivity index (χ0v) is 10.4. The summed E-state index contributed by atoms with van der Waals surface area (Å²) < 4.78 is 24.5. The van der Waals surface area contributed by atoms with E-state index in [-0.39, 0.29) is 12.5 Å². The number of halogens is 2. The fraction of sp³-hybridized carbons (Fsp3) is 0.917. The van der Waals surface area contributed by atoms with E-state index in [4.69, 9.17) is 0 Å². The van der Waals surface area contributed by atoms with E-state index in [9.17, 15) is 13.6 Å². The minimum absolute atomic E-state index is 0.0680. The fourth-order valence-electron chi connectivity index (χ4n) is 2.25. The number of rotatable bonds is 6. The molecular weight excluding hydrogens is 226 g/mol. The second kappa shape index (κ2) is 7.58. The molecule has 1 atom stereocenters. The first-order valence-electron chi connectivity index (χ1n) is 6.39. The van der Waals surface area contributed by atoms with Crippen LogP contribution < -0.4 is 5.32 Å². The molecule has 1 aliphatic rings. The van der Waals surface area contributed by atoms with Gasteiger partial charge in [-0.05, 0) is 31.7 Å². The Hall–Kier alpha value is -0.710. The molecule has 5 heteroatoms. The minimum atomic E-state index is -2.26. The number of carbonyl (C=O) groups is 1. The maximum absolute atomic E-state index is 12.2. The highest BCUT2D eigenvalue weighted by Crippen LogP contribution is 2.16. The molecule has 1 fully saturated rings. The largest absolute Gasteiger partial charge is 0.356 e. The van der Waals surface area contributed by atoms with E-state index in [1.165, 1.54) is 0 Å². The number of piperidine rings is 1. The summed E-state index contributed by atoms with van der Waals surface area (Å²) in [4.78, 5) is 13.1. The number of alkyl halides is 2. The summed E-state index contributed by atoms with van der Waals surface area (Å²) in [6.45, 7) is 3.88. The zero-order valence-electron chi connectivity index (χ0n) is 10.4. The molecule has 0 radical (unpaired) electrons. The summed E-state index contributed by atoms with van der Waals surface area (Å²) in [5.41, 5.74) is 0. The molecule has 1 unspecified atom stereocenters. The molecule has 17 heavy (non-hydrogen) atoms. The van der Waals surface area contributed by atoms with Crippen LogP contribution in [0, 0.1) is 5.92 Å². The van der Waals surface area contributed by atoms with Crippen molar-refractivity contribution in [1.82, 2.24) is 10.2 Å². The van der Waals surface area contributed by atoms with Gasteiger partial charge in [-0.25, -0.2) is 8.78 Å². The van der Waals surface area contributed by atoms with Crippen LogP contribution in [0.1, 0.15) is 32.6 Å². The number of hydrogen-bond acceptors (Lipinski definition) is 2. The van der Waals surface area contributed by atoms with E-state index in [1.807, 2.05) is 6.92 Å². The molecule has 0 aliphatic carbocycles. The van der Waals surface area contributed by atoms with Gasteiger partial charge in [0.05, 0.1) is 6.54 Å². The average molecular weight is 248 g/mol. The number of hydrogen-bond donors (Lipinski definition) is 1. The lowest BCUT2D eigenvalue weighted by Crippen LogP contribution is -2.42. The predicted octanol–water partition coefficient (Wildman–Crippen LogP) is 1.88. The Balaban J connectivity index is 2.22. The molecule has 0 aromatic rings. The van der Waals surface area contributed by atoms with Gasteiger partial charge in [0.2, 0.25) is 5.91 Å². The van der Waals surface area contributed by atoms with Crippen molar-refractivity contribution in [1.29, 1.82) is 0 Å². The van der Waals surface area contributed by atoms with Gasteiger partial charge in [-0.2, -0.15) is 0 Å². The number of amides is 1. The lowest BCUT2D eigenvalue weighted by atomic mass is 9.98. The summed E-state index contributed by atoms with van der Waals surface area (Å²) in [5, 5.41) is 2.87. The Morgan fingerprint density at radius 2 is 2.29 bits per heavy atom. The van der Waals surface area contributed by atoms with Crippen LogP contribution in [0.15, 0.2) is 0 Å². The monoisotopic (exact) mass is 248 g/mol. The lowest BCUT2D eigenvalue weighted by molar-refractivity contribution is -0.121. The smallest absolute Gasteiger partial charge is 0.251 e. The highest BCUT2D eigenvalue weighted by Gasteiger charge is 2.22. The topological polar surface area (TPSA) is 32.3 Å². The zero-order chi connectivity index (χ0) is 12.7. The Morgan fingerprint density at radius 1 is 1.53 bits per heavy atom. The number of carbonyl (C=O) groups excluding carboxylic acids is 1. The van der Waals surface area contributed by atoms with Crippen molar-refractivity contribution in [3.05, 3.63) is 0 Å². The van der Waals surface area contributed by atoms with Gasteiger partial charge in [0, 0.05) is 19.5 Å². The van der Waals surface area contributed by atoms with Crippen molar-refractivity contribution in [3.8, 4) is 0 Å². The molecule has 100 valence electrons. The third-order valence-electron chi connectivity index (χ3n) is 3.06. The first-order valence-corrected chi connectivity index (χ1v) is 6.39. The maximum Gasteiger partial charge on any atom is 0.251 e. The molecular formula is C12H22F2N2O. The normalized spacial score (nSPS) is 21.8. The van der Waals surface area contributed by atoms with E-state index in [0.29, 0.717) is 25.4 Å². The van der Waals surface area contributed by atoms with Crippen molar-refractivity contribution >= 4 is 5.91 Å². The molecule has 0 aromatic heterocycles. The van der Waals surface area contributed by atoms with Crippen molar-refractivity contribution in [2.75, 3.05) is 26.2 Å². The van der Waals surface area contributed by atoms with Crippen LogP contribution >= 0.6 is 0 Å². The second-order valence-corrected chi connectivity index (χ2v) is 4.71. The van der Waals surface area contributed by atoms with E-state index < -0.39 is 6.43 Å². The van der Waals surface area contributed by atoms with Crippen LogP contribution in [-0.2, 0) is 4.79 Å². The van der Waals surface area contributed by atoms with Crippen molar-refractivity contribution in [2.45, 2.75) is 39.0 Å². The summed E-state index contributed by atoms with van der Waals surface area (Å²) >= 11 is 0. The van der Waals surface area contributed by atoms with Gasteiger partial charge in [-0.15, -0.1) is 0 Å². The van der Waals surface area contributed by atoms with Crippen LogP contribution in [0.2, 0.25) is 0 Å². The van der Waals surface area contributed by atoms with Gasteiger partial charge >= 0.3 is 0 Å². The van der Waals surface area contributed by atoms with Gasteiger partial charge < -0.3 is 5.32 Å². The van der Waals surface area contributed by atoms with Gasteiger partial charge in [0.1, 0.15) is 0 Å². The molecule has 1 N–H and O–H groups in total. The fourth-order valence-corrected chi connectivity index (χ4v) is 2.25. The van der Waals surface area contributed by atoms with Crippen LogP contribution in [-0.4, -0.2) is 43.4 Å². The van der Waals surface area contributed by atoms with E-state index in [1.54, 1.807) is 4.90 Å². The molecule has 0 bridgehead atoms. The number of likely N-dealkylation sites (tertiary alicyclic amines) is 1. The molecule has 1 heterocycles. The van der Waals surface area contributed by atoms with Crippen LogP contribution in [0.5, 0.6) is 0 Å². The standard InChI is InChI=1S/C12H22F2N2O/c1-2-4-12(17)15-7-10-5-3-6-16(8-10)9-11(13)14/h10-11H,2-9H2,1H3,(H,15,17). The summed E-state index contributed by atoms with van der Waals surface area (Å²) in [6.07, 6.45) is 1.10. The maximum atomic E-state index is 12.2. The molecule has 3 nitrogen and oxygen atoms in total. The first-order chi connectivity index (χ1) is 8.11. The van der Waals surface area contributed by atoms with E-state index in [0.717, 1.165) is 25.8 Å². The molecule has 1 aliphatic heterocycles. The van der Waals surface area contributed by atoms with E-state index >= 15 is 0 Å². The van der Waals surface area contributed by atoms with Gasteiger partial charge in [0.15, 0.2) is 0 Å². The molecule has 1 amide bonds. The van der Waals surface area contributed by atoms with Crippen molar-refractivity contribution in [2.24, 2.45) is 5.92 Å². The van der Waals surface area contributed by atoms with E-state index in [2.05, 4.69) is 5.32 Å². The van der Waals surface area contributed by atoms with Gasteiger partial charge in [-0.3, -0.25) is 9.69 Å². The number of nitrogens with one attached hydrogen (secondary N) is 1. The Labute approximate surface area is 102 Å². The molecule has 1 saturated heterocycles. The summed E-state index contributed by atoms with van der Waals surface area (Å²) in [7, 11) is 0. The highest BCUT2D eigenvalue weighted by atomic mass is 19.3. The van der Waals surface area contributed by atoms with Crippen molar-refractivity contribution < 1.29 is 13.6 Å². The van der Waals surface area contributed by atoms with Crippen LogP contribution in [0.25, 0.3) is 0 Å². The quantitative estimate of drug-likeness (QED) is 0.778. The third-order valence-corrected chi connectivity index (χ3v) is 3.06. The minimum Gasteiger partial charge on any atom is -0.356 e. The van der Waals surface area contributed by atoms with Crippen LogP contribution in [0.4, 0.5) is 8.78 Å². The predicted molar refractivity (Wildman–Crippen MR) is 63.1 cm³/mol. The Morgan fingerprint density at radius 3 is 2.94 bits per heavy atom. The van der Waals surface area contributed by atoms with Crippen molar-refractivity contribution in [3.63, 3.8) is 0 Å². The molecule has 0 saturated carbocycles. The van der Waals surface area contributed by atoms with Crippen LogP contribution in [0.3, 0.4) is 0 Å². The molecule has 0 spiro atoms. The lowest BCUT2D eigenvalue weighted by Gasteiger charge is -2.32. The number of nitrogens with zero attached hydrogens (tertiary/aromatic N) is 1. The van der Waals surface area contributed by atoms with Gasteiger partial charge in [-0.1, -0.05) is 6.92 Å². The molecule has 0 aromatic carbocycles. The summed E-state index contributed by atoms with van der Waals surface area (Å²) in [5.74, 6) is 0.391. The first kappa shape index (κ1) is 14.4. The van der Waals surface area contributed by atoms with Gasteiger partial charge in [0.25, 0.3) is 6.43 Å². The Bertz CT molecular complexity index is 237. The third kappa shape index (κ3) is 5.96. The SMILES string of the molecule is CCCC(=O)NCC1CCCN(CC(F)F)C1. The second-order valence-electron chi connectivity index (χ2n) is 4.71. The highest BCUT2D eigenvalue weighted by molar-refractivity contribution is 5.75. The average Bonchev–Trinajstić information content (AvgIpc) is 2.26. The molecule has 1 rings (SSSR count). The summed E-state index contributed by atoms with van der Waals surface area (Å²) in [6, 6.07) is 0. The Kier molecular flexibility index (Phi) is 6.40.